The minimum absolute atomic E-state index is 0.149. The van der Waals surface area contributed by atoms with E-state index in [-0.39, 0.29) is 22.7 Å². The highest BCUT2D eigenvalue weighted by atomic mass is 16.9. The molecule has 3 aliphatic carbocycles. The van der Waals surface area contributed by atoms with Crippen molar-refractivity contribution >= 4 is 0 Å². The van der Waals surface area contributed by atoms with Gasteiger partial charge in [0, 0.05) is 5.92 Å². The second kappa shape index (κ2) is 13.6. The van der Waals surface area contributed by atoms with E-state index >= 15 is 0 Å². The molecule has 0 bridgehead atoms. The molecule has 0 aliphatic heterocycles. The maximum Gasteiger partial charge on any atom is 0.287 e. The van der Waals surface area contributed by atoms with Crippen LogP contribution in [0.4, 0.5) is 0 Å². The topological polar surface area (TPSA) is 27.7 Å². The van der Waals surface area contributed by atoms with Gasteiger partial charge < -0.3 is 14.2 Å². The first-order valence-electron chi connectivity index (χ1n) is 15.8. The van der Waals surface area contributed by atoms with Gasteiger partial charge in [-0.15, -0.1) is 0 Å². The molecule has 1 unspecified atom stereocenters. The molecule has 3 heteroatoms. The van der Waals surface area contributed by atoms with Gasteiger partial charge in [0.15, 0.2) is 0 Å². The average Bonchev–Trinajstić information content (AvgIpc) is 2.81. The predicted octanol–water partition coefficient (Wildman–Crippen LogP) is 10.2. The number of hydrogen-bond donors (Lipinski definition) is 0. The van der Waals surface area contributed by atoms with Crippen molar-refractivity contribution < 1.29 is 14.2 Å². The summed E-state index contributed by atoms with van der Waals surface area (Å²) in [4.78, 5) is 0. The molecule has 0 spiro atoms. The lowest BCUT2D eigenvalue weighted by atomic mass is 9.84. The highest BCUT2D eigenvalue weighted by molar-refractivity contribution is 4.90. The minimum Gasteiger partial charge on any atom is -0.321 e. The van der Waals surface area contributed by atoms with E-state index in [1.165, 1.54) is 96.3 Å². The zero-order chi connectivity index (χ0) is 25.3. The summed E-state index contributed by atoms with van der Waals surface area (Å²) in [6.07, 6.45) is 27.3. The van der Waals surface area contributed by atoms with Gasteiger partial charge in [0.05, 0.1) is 16.8 Å². The fraction of sp³-hybridized carbons (Fsp3) is 1.00. The monoisotopic (exact) mass is 492 g/mol. The van der Waals surface area contributed by atoms with Crippen molar-refractivity contribution in [1.82, 2.24) is 0 Å². The molecule has 35 heavy (non-hydrogen) atoms. The number of ether oxygens (including phenoxy) is 3. The summed E-state index contributed by atoms with van der Waals surface area (Å²) in [5, 5.41) is 0. The maximum absolute atomic E-state index is 7.32. The molecule has 1 atom stereocenters. The molecule has 0 radical (unpaired) electrons. The summed E-state index contributed by atoms with van der Waals surface area (Å²) in [6, 6.07) is 0. The Labute approximate surface area is 218 Å². The first-order chi connectivity index (χ1) is 16.7. The molecule has 0 saturated heterocycles. The lowest BCUT2D eigenvalue weighted by Gasteiger charge is -2.53. The van der Waals surface area contributed by atoms with E-state index in [2.05, 4.69) is 34.6 Å². The number of unbranched alkanes of at least 4 members (excludes halogenated alkanes) is 5. The second-order valence-electron chi connectivity index (χ2n) is 13.4. The van der Waals surface area contributed by atoms with Crippen molar-refractivity contribution in [3.8, 4) is 0 Å². The summed E-state index contributed by atoms with van der Waals surface area (Å²) in [5.41, 5.74) is -0.447. The van der Waals surface area contributed by atoms with Crippen molar-refractivity contribution in [2.45, 2.75) is 199 Å². The van der Waals surface area contributed by atoms with Gasteiger partial charge >= 0.3 is 0 Å². The van der Waals surface area contributed by atoms with Gasteiger partial charge in [0.1, 0.15) is 0 Å². The second-order valence-corrected chi connectivity index (χ2v) is 13.4. The molecule has 3 saturated carbocycles. The van der Waals surface area contributed by atoms with Crippen LogP contribution in [0.15, 0.2) is 0 Å². The summed E-state index contributed by atoms with van der Waals surface area (Å²) < 4.78 is 21.9. The SMILES string of the molecule is CCCCCCCCC(C)C(OC1(C)CCCCC1)(OC1(C)CCCCC1)OC1(C)CCCCC1. The van der Waals surface area contributed by atoms with E-state index in [1.807, 2.05) is 0 Å². The smallest absolute Gasteiger partial charge is 0.287 e. The Balaban J connectivity index is 1.85. The number of rotatable bonds is 14. The molecule has 0 N–H and O–H groups in total. The Hall–Kier alpha value is -0.120. The van der Waals surface area contributed by atoms with Crippen LogP contribution in [-0.4, -0.2) is 22.8 Å². The molecule has 0 aromatic heterocycles. The lowest BCUT2D eigenvalue weighted by Crippen LogP contribution is -2.59. The molecule has 3 rings (SSSR count). The van der Waals surface area contributed by atoms with Crippen LogP contribution in [0.2, 0.25) is 0 Å². The van der Waals surface area contributed by atoms with E-state index in [0.29, 0.717) is 0 Å². The van der Waals surface area contributed by atoms with Crippen molar-refractivity contribution in [1.29, 1.82) is 0 Å². The maximum atomic E-state index is 7.32. The van der Waals surface area contributed by atoms with Gasteiger partial charge in [-0.3, -0.25) is 0 Å². The standard InChI is InChI=1S/C32H60O3/c1-6-7-8-9-10-14-21-28(2)32(33-29(3)22-15-11-16-23-29,34-30(4)24-17-12-18-25-30)35-31(5)26-19-13-20-27-31/h28H,6-27H2,1-5H3. The average molecular weight is 493 g/mol. The van der Waals surface area contributed by atoms with Crippen molar-refractivity contribution in [3.05, 3.63) is 0 Å². The lowest BCUT2D eigenvalue weighted by molar-refractivity contribution is -0.479. The third-order valence-corrected chi connectivity index (χ3v) is 9.49. The Morgan fingerprint density at radius 3 is 1.26 bits per heavy atom. The van der Waals surface area contributed by atoms with Crippen molar-refractivity contribution in [2.24, 2.45) is 5.92 Å². The van der Waals surface area contributed by atoms with Gasteiger partial charge in [-0.2, -0.15) is 0 Å². The predicted molar refractivity (Wildman–Crippen MR) is 148 cm³/mol. The van der Waals surface area contributed by atoms with Crippen LogP contribution in [0, 0.1) is 5.92 Å². The fourth-order valence-corrected chi connectivity index (χ4v) is 7.01. The van der Waals surface area contributed by atoms with Crippen LogP contribution in [0.1, 0.15) is 176 Å². The van der Waals surface area contributed by atoms with Gasteiger partial charge in [0.2, 0.25) is 0 Å². The first kappa shape index (κ1) is 29.4. The summed E-state index contributed by atoms with van der Waals surface area (Å²) >= 11 is 0. The fourth-order valence-electron chi connectivity index (χ4n) is 7.01. The van der Waals surface area contributed by atoms with Gasteiger partial charge in [-0.1, -0.05) is 110 Å². The molecule has 0 aromatic carbocycles. The molecule has 3 aliphatic rings. The van der Waals surface area contributed by atoms with E-state index in [1.54, 1.807) is 0 Å². The molecule has 3 fully saturated rings. The van der Waals surface area contributed by atoms with E-state index in [0.717, 1.165) is 44.9 Å². The van der Waals surface area contributed by atoms with Crippen LogP contribution < -0.4 is 0 Å². The van der Waals surface area contributed by atoms with Crippen LogP contribution in [0.3, 0.4) is 0 Å². The molecule has 206 valence electrons. The van der Waals surface area contributed by atoms with Crippen LogP contribution in [-0.2, 0) is 14.2 Å². The third-order valence-electron chi connectivity index (χ3n) is 9.49. The Kier molecular flexibility index (Phi) is 11.4. The Bertz CT molecular complexity index is 517. The molecule has 3 nitrogen and oxygen atoms in total. The van der Waals surface area contributed by atoms with Crippen LogP contribution >= 0.6 is 0 Å². The largest absolute Gasteiger partial charge is 0.321 e. The normalized spacial score (nSPS) is 25.3. The van der Waals surface area contributed by atoms with E-state index in [4.69, 9.17) is 14.2 Å². The summed E-state index contributed by atoms with van der Waals surface area (Å²) in [5.74, 6) is -0.710. The van der Waals surface area contributed by atoms with Gasteiger partial charge in [-0.05, 0) is 65.7 Å². The quantitative estimate of drug-likeness (QED) is 0.178. The number of hydrogen-bond acceptors (Lipinski definition) is 3. The molecular formula is C32H60O3. The Morgan fingerprint density at radius 2 is 0.886 bits per heavy atom. The zero-order valence-electron chi connectivity index (χ0n) is 24.4. The molecule has 0 heterocycles. The zero-order valence-corrected chi connectivity index (χ0v) is 24.4. The van der Waals surface area contributed by atoms with Crippen LogP contribution in [0.5, 0.6) is 0 Å². The first-order valence-corrected chi connectivity index (χ1v) is 15.8. The third kappa shape index (κ3) is 8.99. The van der Waals surface area contributed by atoms with Crippen LogP contribution in [0.25, 0.3) is 0 Å². The molecular weight excluding hydrogens is 432 g/mol. The molecule has 0 aromatic rings. The van der Waals surface area contributed by atoms with E-state index < -0.39 is 5.97 Å². The summed E-state index contributed by atoms with van der Waals surface area (Å²) in [6.45, 7) is 11.7. The summed E-state index contributed by atoms with van der Waals surface area (Å²) in [7, 11) is 0. The van der Waals surface area contributed by atoms with Crippen molar-refractivity contribution in [2.75, 3.05) is 0 Å². The molecule has 0 amide bonds. The van der Waals surface area contributed by atoms with Gasteiger partial charge in [0.25, 0.3) is 5.97 Å². The van der Waals surface area contributed by atoms with Gasteiger partial charge in [-0.25, -0.2) is 0 Å². The van der Waals surface area contributed by atoms with Crippen molar-refractivity contribution in [3.63, 3.8) is 0 Å². The minimum atomic E-state index is -0.937. The highest BCUT2D eigenvalue weighted by Gasteiger charge is 2.53. The Morgan fingerprint density at radius 1 is 0.543 bits per heavy atom. The van der Waals surface area contributed by atoms with E-state index in [9.17, 15) is 0 Å². The highest BCUT2D eigenvalue weighted by Crippen LogP contribution is 2.48.